The molecule has 4 heteroatoms. The summed E-state index contributed by atoms with van der Waals surface area (Å²) in [5.74, 6) is 1.12. The first kappa shape index (κ1) is 17.5. The van der Waals surface area contributed by atoms with Gasteiger partial charge in [0, 0.05) is 36.4 Å². The Morgan fingerprint density at radius 2 is 2.15 bits per heavy atom. The van der Waals surface area contributed by atoms with Gasteiger partial charge in [-0.1, -0.05) is 25.5 Å². The molecule has 1 aliphatic heterocycles. The molecule has 1 aromatic carbocycles. The van der Waals surface area contributed by atoms with Gasteiger partial charge in [-0.2, -0.15) is 0 Å². The van der Waals surface area contributed by atoms with Crippen molar-refractivity contribution in [2.24, 2.45) is 11.8 Å². The van der Waals surface area contributed by atoms with Gasteiger partial charge in [0.1, 0.15) is 0 Å². The zero-order valence-corrected chi connectivity index (χ0v) is 15.9. The van der Waals surface area contributed by atoms with Crippen molar-refractivity contribution >= 4 is 16.8 Å². The number of hydrogen-bond donors (Lipinski definition) is 1. The molecule has 1 aromatic heterocycles. The van der Waals surface area contributed by atoms with Crippen LogP contribution in [0.1, 0.15) is 58.1 Å². The summed E-state index contributed by atoms with van der Waals surface area (Å²) in [6.07, 6.45) is 6.26. The third-order valence-electron chi connectivity index (χ3n) is 6.28. The molecule has 0 unspecified atom stereocenters. The van der Waals surface area contributed by atoms with Crippen LogP contribution in [0.2, 0.25) is 0 Å². The molecule has 1 saturated heterocycles. The van der Waals surface area contributed by atoms with Gasteiger partial charge in [-0.3, -0.25) is 9.78 Å². The first-order valence-corrected chi connectivity index (χ1v) is 9.73. The van der Waals surface area contributed by atoms with Gasteiger partial charge in [-0.15, -0.1) is 0 Å². The lowest BCUT2D eigenvalue weighted by Crippen LogP contribution is -2.60. The Morgan fingerprint density at radius 3 is 2.96 bits per heavy atom. The highest BCUT2D eigenvalue weighted by Gasteiger charge is 2.49. The molecule has 1 aliphatic carbocycles. The zero-order chi connectivity index (χ0) is 18.3. The molecule has 2 aromatic rings. The summed E-state index contributed by atoms with van der Waals surface area (Å²) in [6.45, 7) is 6.14. The van der Waals surface area contributed by atoms with E-state index >= 15 is 0 Å². The van der Waals surface area contributed by atoms with Crippen LogP contribution in [-0.4, -0.2) is 22.5 Å². The van der Waals surface area contributed by atoms with E-state index in [0.29, 0.717) is 11.8 Å². The van der Waals surface area contributed by atoms with Crippen LogP contribution in [0, 0.1) is 11.8 Å². The van der Waals surface area contributed by atoms with Crippen molar-refractivity contribution in [3.63, 3.8) is 0 Å². The quantitative estimate of drug-likeness (QED) is 0.872. The number of fused-ring (bicyclic) bond motifs is 2. The zero-order valence-electron chi connectivity index (χ0n) is 15.9. The number of nitrogens with one attached hydrogen (secondary N) is 1. The fraction of sp³-hybridized carbons (Fsp3) is 0.545. The minimum absolute atomic E-state index is 0.00278. The highest BCUT2D eigenvalue weighted by molar-refractivity contribution is 5.79. The Balaban J connectivity index is 1.68. The Kier molecular flexibility index (Phi) is 4.47. The van der Waals surface area contributed by atoms with E-state index in [4.69, 9.17) is 4.74 Å². The lowest BCUT2D eigenvalue weighted by molar-refractivity contribution is -0.153. The molecule has 4 rings (SSSR count). The number of nitrogens with zero attached hydrogens (tertiary/aromatic N) is 1. The fourth-order valence-corrected chi connectivity index (χ4v) is 5.04. The van der Waals surface area contributed by atoms with Gasteiger partial charge in [0.25, 0.3) is 0 Å². The lowest BCUT2D eigenvalue weighted by atomic mass is 9.66. The van der Waals surface area contributed by atoms with Crippen LogP contribution in [0.4, 0.5) is 0 Å². The van der Waals surface area contributed by atoms with E-state index in [0.717, 1.165) is 30.2 Å². The number of pyridine rings is 1. The van der Waals surface area contributed by atoms with Gasteiger partial charge < -0.3 is 10.1 Å². The predicted octanol–water partition coefficient (Wildman–Crippen LogP) is 4.40. The van der Waals surface area contributed by atoms with E-state index in [9.17, 15) is 4.79 Å². The number of rotatable bonds is 2. The van der Waals surface area contributed by atoms with Gasteiger partial charge in [-0.25, -0.2) is 0 Å². The van der Waals surface area contributed by atoms with Crippen molar-refractivity contribution in [3.8, 4) is 0 Å². The van der Waals surface area contributed by atoms with Crippen molar-refractivity contribution in [3.05, 3.63) is 42.1 Å². The third-order valence-corrected chi connectivity index (χ3v) is 6.28. The van der Waals surface area contributed by atoms with Gasteiger partial charge >= 0.3 is 0 Å². The molecule has 138 valence electrons. The number of benzene rings is 1. The molecule has 1 amide bonds. The van der Waals surface area contributed by atoms with E-state index in [2.05, 4.69) is 48.4 Å². The number of amides is 1. The molecule has 2 aliphatic rings. The molecule has 2 fully saturated rings. The number of carbonyl (C=O) groups excluding carboxylic acids is 1. The number of ether oxygens (including phenoxy) is 1. The highest BCUT2D eigenvalue weighted by Crippen LogP contribution is 2.48. The van der Waals surface area contributed by atoms with Gasteiger partial charge in [0.05, 0.1) is 17.7 Å². The van der Waals surface area contributed by atoms with E-state index in [1.807, 2.05) is 12.3 Å². The van der Waals surface area contributed by atoms with Gasteiger partial charge in [0.15, 0.2) is 0 Å². The standard InChI is InChI=1S/C22H28N2O2/c1-14-6-8-18-20(11-14)26-21(13-22(18,3)24-15(2)25)17-7-9-19-16(12-17)5-4-10-23-19/h4-5,7,9-10,12,14,18,20-21H,6,8,11,13H2,1-3H3,(H,24,25)/t14-,18-,20-,21-,22+/m1/s1. The summed E-state index contributed by atoms with van der Waals surface area (Å²) in [7, 11) is 0. The first-order valence-electron chi connectivity index (χ1n) is 9.73. The Bertz CT molecular complexity index is 821. The van der Waals surface area contributed by atoms with Crippen LogP contribution in [-0.2, 0) is 9.53 Å². The Hall–Kier alpha value is -1.94. The molecule has 4 nitrogen and oxygen atoms in total. The van der Waals surface area contributed by atoms with Crippen LogP contribution in [0.3, 0.4) is 0 Å². The summed E-state index contributed by atoms with van der Waals surface area (Å²) in [4.78, 5) is 16.3. The third kappa shape index (κ3) is 3.23. The maximum Gasteiger partial charge on any atom is 0.217 e. The molecule has 0 spiro atoms. The molecule has 2 heterocycles. The number of hydrogen-bond acceptors (Lipinski definition) is 3. The molecule has 26 heavy (non-hydrogen) atoms. The monoisotopic (exact) mass is 352 g/mol. The van der Waals surface area contributed by atoms with E-state index < -0.39 is 0 Å². The van der Waals surface area contributed by atoms with E-state index in [1.165, 1.54) is 12.0 Å². The van der Waals surface area contributed by atoms with Crippen molar-refractivity contribution in [2.45, 2.75) is 64.2 Å². The molecular weight excluding hydrogens is 324 g/mol. The van der Waals surface area contributed by atoms with Crippen LogP contribution >= 0.6 is 0 Å². The van der Waals surface area contributed by atoms with Crippen molar-refractivity contribution < 1.29 is 9.53 Å². The van der Waals surface area contributed by atoms with Crippen molar-refractivity contribution in [1.82, 2.24) is 10.3 Å². The van der Waals surface area contributed by atoms with Crippen LogP contribution < -0.4 is 5.32 Å². The van der Waals surface area contributed by atoms with Crippen molar-refractivity contribution in [2.75, 3.05) is 0 Å². The molecule has 1 N–H and O–H groups in total. The second-order valence-electron chi connectivity index (χ2n) is 8.45. The first-order chi connectivity index (χ1) is 12.4. The summed E-state index contributed by atoms with van der Waals surface area (Å²) in [5, 5.41) is 4.41. The molecular formula is C22H28N2O2. The topological polar surface area (TPSA) is 51.2 Å². The summed E-state index contributed by atoms with van der Waals surface area (Å²) in [6, 6.07) is 10.4. The van der Waals surface area contributed by atoms with Gasteiger partial charge in [0.2, 0.25) is 5.91 Å². The Morgan fingerprint density at radius 1 is 1.31 bits per heavy atom. The second kappa shape index (κ2) is 6.66. The largest absolute Gasteiger partial charge is 0.370 e. The summed E-state index contributed by atoms with van der Waals surface area (Å²) in [5.41, 5.74) is 1.96. The minimum Gasteiger partial charge on any atom is -0.370 e. The summed E-state index contributed by atoms with van der Waals surface area (Å²) < 4.78 is 6.60. The summed E-state index contributed by atoms with van der Waals surface area (Å²) >= 11 is 0. The van der Waals surface area contributed by atoms with Crippen LogP contribution in [0.25, 0.3) is 10.9 Å². The van der Waals surface area contributed by atoms with Crippen LogP contribution in [0.5, 0.6) is 0 Å². The van der Waals surface area contributed by atoms with Gasteiger partial charge in [-0.05, 0) is 49.4 Å². The van der Waals surface area contributed by atoms with E-state index in [-0.39, 0.29) is 23.7 Å². The van der Waals surface area contributed by atoms with Crippen molar-refractivity contribution in [1.29, 1.82) is 0 Å². The maximum absolute atomic E-state index is 11.9. The maximum atomic E-state index is 11.9. The molecule has 0 radical (unpaired) electrons. The lowest BCUT2D eigenvalue weighted by Gasteiger charge is -2.52. The van der Waals surface area contributed by atoms with E-state index in [1.54, 1.807) is 6.92 Å². The predicted molar refractivity (Wildman–Crippen MR) is 103 cm³/mol. The fourth-order valence-electron chi connectivity index (χ4n) is 5.04. The second-order valence-corrected chi connectivity index (χ2v) is 8.45. The number of carbonyl (C=O) groups is 1. The average molecular weight is 352 g/mol. The normalized spacial score (nSPS) is 34.3. The number of aromatic nitrogens is 1. The molecule has 0 bridgehead atoms. The molecule has 1 saturated carbocycles. The highest BCUT2D eigenvalue weighted by atomic mass is 16.5. The SMILES string of the molecule is CC(=O)N[C@@]1(C)C[C@H](c2ccc3ncccc3c2)O[C@@H]2C[C@H](C)CC[C@H]21. The molecule has 5 atom stereocenters. The van der Waals surface area contributed by atoms with Crippen LogP contribution in [0.15, 0.2) is 36.5 Å². The Labute approximate surface area is 155 Å². The average Bonchev–Trinajstić information content (AvgIpc) is 2.60. The smallest absolute Gasteiger partial charge is 0.217 e. The minimum atomic E-state index is -0.219.